The third-order valence-electron chi connectivity index (χ3n) is 4.76. The fourth-order valence-electron chi connectivity index (χ4n) is 3.39. The van der Waals surface area contributed by atoms with Gasteiger partial charge in [-0.3, -0.25) is 9.08 Å². The van der Waals surface area contributed by atoms with Crippen LogP contribution < -0.4 is 10.6 Å². The number of anilines is 2. The summed E-state index contributed by atoms with van der Waals surface area (Å²) in [5.41, 5.74) is 5.98. The standard InChI is InChI=1S/C19H20N8S/c1-12-7-17(28-25-12)24-18-19-21-9-16(14-8-22-26(2)10-14)27(19)11-15(23-18)13-3-5-20-6-4-13/h3,7-11,20H,4-6H2,1-2H3,(H,23,24). The van der Waals surface area contributed by atoms with Crippen molar-refractivity contribution in [2.75, 3.05) is 18.4 Å². The van der Waals surface area contributed by atoms with Gasteiger partial charge in [0.05, 0.1) is 29.5 Å². The van der Waals surface area contributed by atoms with Crippen molar-refractivity contribution in [3.63, 3.8) is 0 Å². The van der Waals surface area contributed by atoms with Crippen molar-refractivity contribution in [3.8, 4) is 11.3 Å². The van der Waals surface area contributed by atoms with Crippen LogP contribution in [-0.2, 0) is 7.05 Å². The summed E-state index contributed by atoms with van der Waals surface area (Å²) >= 11 is 1.42. The Labute approximate surface area is 166 Å². The third-order valence-corrected chi connectivity index (χ3v) is 5.55. The van der Waals surface area contributed by atoms with E-state index in [1.54, 1.807) is 4.68 Å². The highest BCUT2D eigenvalue weighted by atomic mass is 32.1. The van der Waals surface area contributed by atoms with E-state index in [0.717, 1.165) is 58.6 Å². The number of aromatic nitrogens is 6. The average molecular weight is 392 g/mol. The molecule has 8 nitrogen and oxygen atoms in total. The molecule has 0 saturated carbocycles. The number of hydrogen-bond acceptors (Lipinski definition) is 7. The Morgan fingerprint density at radius 2 is 2.18 bits per heavy atom. The molecule has 1 aliphatic rings. The number of aryl methyl sites for hydroxylation is 2. The highest BCUT2D eigenvalue weighted by Gasteiger charge is 2.17. The second-order valence-electron chi connectivity index (χ2n) is 6.86. The van der Waals surface area contributed by atoms with E-state index in [9.17, 15) is 0 Å². The lowest BCUT2D eigenvalue weighted by molar-refractivity contribution is 0.736. The van der Waals surface area contributed by atoms with E-state index in [-0.39, 0.29) is 0 Å². The van der Waals surface area contributed by atoms with E-state index in [1.165, 1.54) is 17.1 Å². The zero-order chi connectivity index (χ0) is 19.1. The van der Waals surface area contributed by atoms with Gasteiger partial charge in [-0.05, 0) is 43.1 Å². The lowest BCUT2D eigenvalue weighted by atomic mass is 10.1. The molecule has 0 spiro atoms. The quantitative estimate of drug-likeness (QED) is 0.555. The lowest BCUT2D eigenvalue weighted by Crippen LogP contribution is -2.20. The molecule has 28 heavy (non-hydrogen) atoms. The molecule has 0 fully saturated rings. The number of imidazole rings is 1. The van der Waals surface area contributed by atoms with Gasteiger partial charge < -0.3 is 10.6 Å². The number of rotatable bonds is 4. The van der Waals surface area contributed by atoms with Crippen LogP contribution in [0.1, 0.15) is 17.8 Å². The van der Waals surface area contributed by atoms with Crippen LogP contribution in [0.3, 0.4) is 0 Å². The van der Waals surface area contributed by atoms with Gasteiger partial charge in [0, 0.05) is 31.5 Å². The summed E-state index contributed by atoms with van der Waals surface area (Å²) in [5.74, 6) is 0.732. The highest BCUT2D eigenvalue weighted by Crippen LogP contribution is 2.29. The van der Waals surface area contributed by atoms with E-state index < -0.39 is 0 Å². The first kappa shape index (κ1) is 17.1. The summed E-state index contributed by atoms with van der Waals surface area (Å²) in [4.78, 5) is 9.56. The molecule has 0 unspecified atom stereocenters. The smallest absolute Gasteiger partial charge is 0.181 e. The minimum atomic E-state index is 0.732. The zero-order valence-corrected chi connectivity index (χ0v) is 16.5. The summed E-state index contributed by atoms with van der Waals surface area (Å²) < 4.78 is 8.25. The van der Waals surface area contributed by atoms with E-state index in [0.29, 0.717) is 0 Å². The average Bonchev–Trinajstić information content (AvgIpc) is 3.42. The van der Waals surface area contributed by atoms with Crippen LogP contribution >= 0.6 is 11.5 Å². The molecule has 0 aromatic carbocycles. The van der Waals surface area contributed by atoms with Gasteiger partial charge in [-0.25, -0.2) is 9.97 Å². The highest BCUT2D eigenvalue weighted by molar-refractivity contribution is 7.10. The summed E-state index contributed by atoms with van der Waals surface area (Å²) in [5, 5.41) is 12.0. The van der Waals surface area contributed by atoms with Gasteiger partial charge in [-0.1, -0.05) is 6.08 Å². The van der Waals surface area contributed by atoms with Crippen molar-refractivity contribution < 1.29 is 0 Å². The van der Waals surface area contributed by atoms with Crippen molar-refractivity contribution >= 4 is 33.6 Å². The number of nitrogens with zero attached hydrogens (tertiary/aromatic N) is 6. The first-order chi connectivity index (χ1) is 13.7. The molecule has 142 valence electrons. The monoisotopic (exact) mass is 392 g/mol. The van der Waals surface area contributed by atoms with E-state index in [1.807, 2.05) is 38.6 Å². The summed E-state index contributed by atoms with van der Waals surface area (Å²) in [6, 6.07) is 2.02. The summed E-state index contributed by atoms with van der Waals surface area (Å²) in [7, 11) is 1.92. The van der Waals surface area contributed by atoms with Gasteiger partial charge in [-0.15, -0.1) is 0 Å². The Morgan fingerprint density at radius 3 is 2.89 bits per heavy atom. The SMILES string of the molecule is Cc1cc(Nc2nc(C3=CCNCC3)cn3c(-c4cnn(C)c4)cnc23)sn1. The zero-order valence-electron chi connectivity index (χ0n) is 15.7. The molecule has 0 bridgehead atoms. The van der Waals surface area contributed by atoms with Crippen LogP contribution in [0.2, 0.25) is 0 Å². The Kier molecular flexibility index (Phi) is 4.18. The normalized spacial score (nSPS) is 14.4. The van der Waals surface area contributed by atoms with Crippen molar-refractivity contribution in [1.29, 1.82) is 0 Å². The molecule has 5 rings (SSSR count). The van der Waals surface area contributed by atoms with E-state index in [4.69, 9.17) is 4.98 Å². The van der Waals surface area contributed by atoms with Crippen LogP contribution in [0, 0.1) is 6.92 Å². The molecule has 0 amide bonds. The molecule has 9 heteroatoms. The largest absolute Gasteiger partial charge is 0.328 e. The molecular weight excluding hydrogens is 372 g/mol. The summed E-state index contributed by atoms with van der Waals surface area (Å²) in [6.07, 6.45) is 11.0. The van der Waals surface area contributed by atoms with Crippen molar-refractivity contribution in [2.45, 2.75) is 13.3 Å². The Bertz CT molecular complexity index is 1180. The molecule has 0 aliphatic carbocycles. The molecule has 1 aliphatic heterocycles. The molecule has 4 aromatic heterocycles. The number of nitrogens with one attached hydrogen (secondary N) is 2. The van der Waals surface area contributed by atoms with Crippen LogP contribution in [0.4, 0.5) is 10.8 Å². The Hall–Kier alpha value is -3.04. The maximum Gasteiger partial charge on any atom is 0.181 e. The van der Waals surface area contributed by atoms with Crippen LogP contribution in [-0.4, -0.2) is 41.6 Å². The molecule has 4 aromatic rings. The van der Waals surface area contributed by atoms with Crippen LogP contribution in [0.5, 0.6) is 0 Å². The van der Waals surface area contributed by atoms with Gasteiger partial charge >= 0.3 is 0 Å². The van der Waals surface area contributed by atoms with Crippen molar-refractivity contribution in [3.05, 3.63) is 48.3 Å². The summed E-state index contributed by atoms with van der Waals surface area (Å²) in [6.45, 7) is 3.81. The minimum absolute atomic E-state index is 0.732. The van der Waals surface area contributed by atoms with Gasteiger partial charge in [0.15, 0.2) is 11.5 Å². The predicted molar refractivity (Wildman–Crippen MR) is 111 cm³/mol. The van der Waals surface area contributed by atoms with E-state index >= 15 is 0 Å². The van der Waals surface area contributed by atoms with Crippen molar-refractivity contribution in [2.24, 2.45) is 7.05 Å². The molecule has 2 N–H and O–H groups in total. The molecule has 0 saturated heterocycles. The molecule has 0 atom stereocenters. The van der Waals surface area contributed by atoms with Gasteiger partial charge in [0.2, 0.25) is 0 Å². The Morgan fingerprint density at radius 1 is 1.25 bits per heavy atom. The molecule has 5 heterocycles. The van der Waals surface area contributed by atoms with Crippen LogP contribution in [0.25, 0.3) is 22.5 Å². The van der Waals surface area contributed by atoms with E-state index in [2.05, 4.69) is 41.8 Å². The second kappa shape index (κ2) is 6.84. The fourth-order valence-corrected chi connectivity index (χ4v) is 4.05. The fraction of sp³-hybridized carbons (Fsp3) is 0.263. The third kappa shape index (κ3) is 3.08. The van der Waals surface area contributed by atoms with Crippen molar-refractivity contribution in [1.82, 2.24) is 33.8 Å². The first-order valence-electron chi connectivity index (χ1n) is 9.15. The first-order valence-corrected chi connectivity index (χ1v) is 9.92. The maximum absolute atomic E-state index is 4.91. The lowest BCUT2D eigenvalue weighted by Gasteiger charge is -2.15. The second-order valence-corrected chi connectivity index (χ2v) is 7.66. The molecule has 0 radical (unpaired) electrons. The molecular formula is C19H20N8S. The van der Waals surface area contributed by atoms with Gasteiger partial charge in [0.25, 0.3) is 0 Å². The predicted octanol–water partition coefficient (Wildman–Crippen LogP) is 3.02. The number of hydrogen-bond donors (Lipinski definition) is 2. The Balaban J connectivity index is 1.68. The maximum atomic E-state index is 4.91. The minimum Gasteiger partial charge on any atom is -0.328 e. The van der Waals surface area contributed by atoms with Gasteiger partial charge in [-0.2, -0.15) is 9.47 Å². The van der Waals surface area contributed by atoms with Crippen LogP contribution in [0.15, 0.2) is 36.9 Å². The number of fused-ring (bicyclic) bond motifs is 1. The topological polar surface area (TPSA) is 85.0 Å². The van der Waals surface area contributed by atoms with Gasteiger partial charge in [0.1, 0.15) is 5.00 Å².